The molecule has 134 valence electrons. The SMILES string of the molecule is Cc1cc2cc(OC3CCCC3)ncc2c(=O)n1C/C=C/S(C)(=O)=O. The molecule has 2 aromatic heterocycles. The summed E-state index contributed by atoms with van der Waals surface area (Å²) in [4.78, 5) is 16.9. The van der Waals surface area contributed by atoms with Crippen molar-refractivity contribution >= 4 is 20.6 Å². The zero-order valence-electron chi connectivity index (χ0n) is 14.4. The molecule has 25 heavy (non-hydrogen) atoms. The Morgan fingerprint density at radius 3 is 2.72 bits per heavy atom. The van der Waals surface area contributed by atoms with Gasteiger partial charge in [-0.25, -0.2) is 13.4 Å². The van der Waals surface area contributed by atoms with Crippen molar-refractivity contribution in [1.29, 1.82) is 0 Å². The summed E-state index contributed by atoms with van der Waals surface area (Å²) in [5.74, 6) is 0.549. The molecule has 7 heteroatoms. The molecule has 0 aromatic carbocycles. The molecule has 0 spiro atoms. The van der Waals surface area contributed by atoms with Crippen molar-refractivity contribution in [3.63, 3.8) is 0 Å². The Hall–Kier alpha value is -2.15. The van der Waals surface area contributed by atoms with E-state index in [1.807, 2.05) is 13.0 Å². The number of aromatic nitrogens is 2. The maximum absolute atomic E-state index is 12.7. The van der Waals surface area contributed by atoms with Crippen LogP contribution in [0.2, 0.25) is 0 Å². The van der Waals surface area contributed by atoms with Gasteiger partial charge in [-0.05, 0) is 44.1 Å². The third-order valence-corrected chi connectivity index (χ3v) is 5.08. The zero-order valence-corrected chi connectivity index (χ0v) is 15.3. The molecule has 0 radical (unpaired) electrons. The third-order valence-electron chi connectivity index (χ3n) is 4.40. The second kappa shape index (κ2) is 7.00. The summed E-state index contributed by atoms with van der Waals surface area (Å²) >= 11 is 0. The molecule has 3 rings (SSSR count). The number of ether oxygens (including phenoxy) is 1. The highest BCUT2D eigenvalue weighted by Gasteiger charge is 2.17. The van der Waals surface area contributed by atoms with Crippen LogP contribution in [0.5, 0.6) is 5.88 Å². The Balaban J connectivity index is 1.91. The van der Waals surface area contributed by atoms with E-state index in [4.69, 9.17) is 4.74 Å². The Bertz CT molecular complexity index is 970. The molecule has 2 aromatic rings. The van der Waals surface area contributed by atoms with E-state index in [-0.39, 0.29) is 18.2 Å². The van der Waals surface area contributed by atoms with Gasteiger partial charge in [-0.15, -0.1) is 0 Å². The fourth-order valence-electron chi connectivity index (χ4n) is 3.15. The molecule has 0 unspecified atom stereocenters. The summed E-state index contributed by atoms with van der Waals surface area (Å²) in [7, 11) is -3.20. The van der Waals surface area contributed by atoms with E-state index in [1.165, 1.54) is 29.7 Å². The van der Waals surface area contributed by atoms with Crippen LogP contribution < -0.4 is 10.3 Å². The maximum Gasteiger partial charge on any atom is 0.260 e. The van der Waals surface area contributed by atoms with Gasteiger partial charge in [0.1, 0.15) is 6.10 Å². The molecule has 0 N–H and O–H groups in total. The smallest absolute Gasteiger partial charge is 0.260 e. The first kappa shape index (κ1) is 17.7. The summed E-state index contributed by atoms with van der Waals surface area (Å²) in [5.41, 5.74) is 0.571. The lowest BCUT2D eigenvalue weighted by molar-refractivity contribution is 0.202. The van der Waals surface area contributed by atoms with E-state index in [9.17, 15) is 13.2 Å². The summed E-state index contributed by atoms with van der Waals surface area (Å²) in [5, 5.41) is 2.39. The predicted molar refractivity (Wildman–Crippen MR) is 97.6 cm³/mol. The normalized spacial score (nSPS) is 16.1. The minimum atomic E-state index is -3.20. The molecule has 0 atom stereocenters. The third kappa shape index (κ3) is 4.28. The highest BCUT2D eigenvalue weighted by molar-refractivity contribution is 7.93. The number of allylic oxidation sites excluding steroid dienone is 1. The molecule has 0 bridgehead atoms. The second-order valence-corrected chi connectivity index (χ2v) is 8.47. The summed E-state index contributed by atoms with van der Waals surface area (Å²) in [6.45, 7) is 2.03. The number of nitrogens with zero attached hydrogens (tertiary/aromatic N) is 2. The average molecular weight is 362 g/mol. The number of rotatable bonds is 5. The number of hydrogen-bond acceptors (Lipinski definition) is 5. The van der Waals surface area contributed by atoms with E-state index in [1.54, 1.807) is 6.07 Å². The number of fused-ring (bicyclic) bond motifs is 1. The van der Waals surface area contributed by atoms with Crippen LogP contribution in [0.4, 0.5) is 0 Å². The molecule has 1 aliphatic carbocycles. The Morgan fingerprint density at radius 1 is 1.32 bits per heavy atom. The first-order valence-electron chi connectivity index (χ1n) is 8.37. The quantitative estimate of drug-likeness (QED) is 0.817. The van der Waals surface area contributed by atoms with Crippen LogP contribution in [-0.2, 0) is 16.4 Å². The van der Waals surface area contributed by atoms with Gasteiger partial charge in [0.05, 0.1) is 5.39 Å². The Labute approximate surface area is 147 Å². The van der Waals surface area contributed by atoms with E-state index in [0.29, 0.717) is 11.3 Å². The average Bonchev–Trinajstić information content (AvgIpc) is 3.02. The lowest BCUT2D eigenvalue weighted by Crippen LogP contribution is -2.22. The van der Waals surface area contributed by atoms with Crippen LogP contribution in [0.1, 0.15) is 31.4 Å². The molecule has 1 saturated carbocycles. The van der Waals surface area contributed by atoms with E-state index in [2.05, 4.69) is 4.98 Å². The molecule has 6 nitrogen and oxygen atoms in total. The Kier molecular flexibility index (Phi) is 4.94. The van der Waals surface area contributed by atoms with Gasteiger partial charge < -0.3 is 9.30 Å². The molecular formula is C18H22N2O4S. The first-order chi connectivity index (χ1) is 11.8. The van der Waals surface area contributed by atoms with Crippen LogP contribution in [0.3, 0.4) is 0 Å². The van der Waals surface area contributed by atoms with Gasteiger partial charge in [-0.2, -0.15) is 0 Å². The second-order valence-electron chi connectivity index (χ2n) is 6.54. The summed E-state index contributed by atoms with van der Waals surface area (Å²) < 4.78 is 29.8. The largest absolute Gasteiger partial charge is 0.474 e. The van der Waals surface area contributed by atoms with E-state index in [0.717, 1.165) is 35.6 Å². The van der Waals surface area contributed by atoms with Crippen molar-refractivity contribution in [2.75, 3.05) is 6.26 Å². The van der Waals surface area contributed by atoms with Gasteiger partial charge in [-0.3, -0.25) is 4.79 Å². The molecule has 1 aliphatic rings. The minimum absolute atomic E-state index is 0.187. The fourth-order valence-corrected chi connectivity index (χ4v) is 3.58. The number of aryl methyl sites for hydroxylation is 1. The summed E-state index contributed by atoms with van der Waals surface area (Å²) in [6.07, 6.45) is 8.81. The van der Waals surface area contributed by atoms with Gasteiger partial charge in [0.15, 0.2) is 9.84 Å². The molecule has 1 fully saturated rings. The molecule has 0 aliphatic heterocycles. The molecule has 0 amide bonds. The van der Waals surface area contributed by atoms with Gasteiger partial charge in [0.2, 0.25) is 5.88 Å². The van der Waals surface area contributed by atoms with Gasteiger partial charge >= 0.3 is 0 Å². The van der Waals surface area contributed by atoms with Gasteiger partial charge in [0, 0.05) is 36.2 Å². The van der Waals surface area contributed by atoms with Crippen LogP contribution in [0.15, 0.2) is 34.6 Å². The highest BCUT2D eigenvalue weighted by atomic mass is 32.2. The number of pyridine rings is 2. The Morgan fingerprint density at radius 2 is 2.04 bits per heavy atom. The number of hydrogen-bond donors (Lipinski definition) is 0. The topological polar surface area (TPSA) is 78.3 Å². The van der Waals surface area contributed by atoms with Gasteiger partial charge in [-0.1, -0.05) is 6.08 Å². The van der Waals surface area contributed by atoms with Crippen LogP contribution in [0, 0.1) is 6.92 Å². The van der Waals surface area contributed by atoms with Crippen molar-refractivity contribution < 1.29 is 13.2 Å². The van der Waals surface area contributed by atoms with E-state index >= 15 is 0 Å². The minimum Gasteiger partial charge on any atom is -0.474 e. The highest BCUT2D eigenvalue weighted by Crippen LogP contribution is 2.24. The van der Waals surface area contributed by atoms with Crippen molar-refractivity contribution in [3.05, 3.63) is 45.9 Å². The number of sulfone groups is 1. The fraction of sp³-hybridized carbons (Fsp3) is 0.444. The zero-order chi connectivity index (χ0) is 18.0. The van der Waals surface area contributed by atoms with Crippen LogP contribution in [-0.4, -0.2) is 30.3 Å². The molecule has 0 saturated heterocycles. The standard InChI is InChI=1S/C18H22N2O4S/c1-13-10-14-11-17(24-15-6-3-4-7-15)19-12-16(14)18(21)20(13)8-5-9-25(2,22)23/h5,9-12,15H,3-4,6-8H2,1-2H3/b9-5+. The van der Waals surface area contributed by atoms with Crippen molar-refractivity contribution in [2.45, 2.75) is 45.3 Å². The molecular weight excluding hydrogens is 340 g/mol. The first-order valence-corrected chi connectivity index (χ1v) is 10.3. The lowest BCUT2D eigenvalue weighted by Gasteiger charge is -2.13. The summed E-state index contributed by atoms with van der Waals surface area (Å²) in [6, 6.07) is 3.70. The van der Waals surface area contributed by atoms with E-state index < -0.39 is 9.84 Å². The van der Waals surface area contributed by atoms with Crippen molar-refractivity contribution in [3.8, 4) is 5.88 Å². The van der Waals surface area contributed by atoms with Crippen molar-refractivity contribution in [1.82, 2.24) is 9.55 Å². The maximum atomic E-state index is 12.7. The van der Waals surface area contributed by atoms with Crippen LogP contribution in [0.25, 0.3) is 10.8 Å². The monoisotopic (exact) mass is 362 g/mol. The molecule has 2 heterocycles. The van der Waals surface area contributed by atoms with Gasteiger partial charge in [0.25, 0.3) is 5.56 Å². The van der Waals surface area contributed by atoms with Crippen molar-refractivity contribution in [2.24, 2.45) is 0 Å². The predicted octanol–water partition coefficient (Wildman–Crippen LogP) is 2.58. The lowest BCUT2D eigenvalue weighted by atomic mass is 10.2. The van der Waals surface area contributed by atoms with Crippen LogP contribution >= 0.6 is 0 Å².